The van der Waals surface area contributed by atoms with Crippen molar-refractivity contribution >= 4 is 34.4 Å². The number of aryl methyl sites for hydroxylation is 1. The van der Waals surface area contributed by atoms with Crippen molar-refractivity contribution in [2.45, 2.75) is 32.1 Å². The molecule has 186 valence electrons. The fraction of sp³-hybridized carbons (Fsp3) is 0.240. The van der Waals surface area contributed by atoms with E-state index < -0.39 is 36.5 Å². The first kappa shape index (κ1) is 25.9. The third kappa shape index (κ3) is 6.24. The number of H-pyrrole nitrogens is 1. The van der Waals surface area contributed by atoms with Gasteiger partial charge < -0.3 is 25.4 Å². The first-order chi connectivity index (χ1) is 17.1. The normalized spacial score (nSPS) is 12.4. The molecule has 0 saturated heterocycles. The molecule has 0 radical (unpaired) electrons. The van der Waals surface area contributed by atoms with Gasteiger partial charge in [-0.3, -0.25) is 9.59 Å². The largest absolute Gasteiger partial charge is 0.480 e. The van der Waals surface area contributed by atoms with Crippen LogP contribution >= 0.6 is 0 Å². The van der Waals surface area contributed by atoms with Gasteiger partial charge in [-0.25, -0.2) is 19.0 Å². The minimum absolute atomic E-state index is 0.0927. The molecule has 3 aromatic rings. The fourth-order valence-corrected chi connectivity index (χ4v) is 3.56. The van der Waals surface area contributed by atoms with E-state index in [-0.39, 0.29) is 17.7 Å². The number of anilines is 1. The van der Waals surface area contributed by atoms with Crippen molar-refractivity contribution in [2.75, 3.05) is 11.4 Å². The Labute approximate surface area is 204 Å². The lowest BCUT2D eigenvalue weighted by Gasteiger charge is -2.23. The number of carboxylic acids is 2. The van der Waals surface area contributed by atoms with Crippen LogP contribution in [0, 0.1) is 19.3 Å². The summed E-state index contributed by atoms with van der Waals surface area (Å²) in [5, 5.41) is 20.4. The number of nitrogens with one attached hydrogen (secondary N) is 2. The second-order valence-corrected chi connectivity index (χ2v) is 8.02. The second-order valence-electron chi connectivity index (χ2n) is 8.02. The van der Waals surface area contributed by atoms with Gasteiger partial charge in [0, 0.05) is 24.2 Å². The van der Waals surface area contributed by atoms with Crippen molar-refractivity contribution in [2.24, 2.45) is 0 Å². The maximum absolute atomic E-state index is 13.4. The van der Waals surface area contributed by atoms with E-state index in [9.17, 15) is 28.7 Å². The van der Waals surface area contributed by atoms with E-state index in [1.165, 1.54) is 12.1 Å². The van der Waals surface area contributed by atoms with E-state index in [0.29, 0.717) is 29.0 Å². The molecule has 2 atom stereocenters. The van der Waals surface area contributed by atoms with Crippen LogP contribution in [-0.2, 0) is 16.1 Å². The number of fused-ring (bicyclic) bond motifs is 1. The zero-order valence-electron chi connectivity index (χ0n) is 19.2. The molecule has 0 spiro atoms. The zero-order valence-corrected chi connectivity index (χ0v) is 19.2. The first-order valence-electron chi connectivity index (χ1n) is 10.8. The van der Waals surface area contributed by atoms with Crippen LogP contribution in [0.3, 0.4) is 0 Å². The molecule has 0 bridgehead atoms. The van der Waals surface area contributed by atoms with E-state index in [0.717, 1.165) is 5.56 Å². The molecule has 36 heavy (non-hydrogen) atoms. The highest BCUT2D eigenvalue weighted by atomic mass is 19.1. The van der Waals surface area contributed by atoms with Crippen molar-refractivity contribution < 1.29 is 29.0 Å². The van der Waals surface area contributed by atoms with Crippen LogP contribution in [0.5, 0.6) is 0 Å². The number of hydrogen-bond donors (Lipinski definition) is 4. The molecule has 4 N–H and O–H groups in total. The highest BCUT2D eigenvalue weighted by molar-refractivity contribution is 5.97. The third-order valence-corrected chi connectivity index (χ3v) is 5.35. The van der Waals surface area contributed by atoms with E-state index in [1.54, 1.807) is 31.2 Å². The lowest BCUT2D eigenvalue weighted by molar-refractivity contribution is -0.145. The predicted octanol–water partition coefficient (Wildman–Crippen LogP) is 1.87. The van der Waals surface area contributed by atoms with Crippen LogP contribution in [-0.4, -0.2) is 56.8 Å². The molecule has 1 heterocycles. The SMILES string of the molecule is C#CCN(Cc1ccc2nc(C)[nH]c(=O)c2c1)c1ccc(C(=O)N[C@@H](C[C@H](F)C(=O)O)C(=O)O)cc1. The third-order valence-electron chi connectivity index (χ3n) is 5.35. The van der Waals surface area contributed by atoms with Crippen LogP contribution in [0.4, 0.5) is 10.1 Å². The predicted molar refractivity (Wildman–Crippen MR) is 129 cm³/mol. The van der Waals surface area contributed by atoms with Crippen molar-refractivity contribution in [3.8, 4) is 12.3 Å². The number of nitrogens with zero attached hydrogens (tertiary/aromatic N) is 2. The Bertz CT molecular complexity index is 1400. The lowest BCUT2D eigenvalue weighted by atomic mass is 10.1. The van der Waals surface area contributed by atoms with Crippen LogP contribution in [0.2, 0.25) is 0 Å². The van der Waals surface area contributed by atoms with Gasteiger partial charge in [-0.15, -0.1) is 6.42 Å². The van der Waals surface area contributed by atoms with E-state index in [4.69, 9.17) is 11.5 Å². The average Bonchev–Trinajstić information content (AvgIpc) is 2.83. The van der Waals surface area contributed by atoms with Crippen molar-refractivity contribution in [3.05, 3.63) is 69.8 Å². The summed E-state index contributed by atoms with van der Waals surface area (Å²) in [5.74, 6) is -1.08. The standard InChI is InChI=1S/C25H23FN4O6/c1-3-10-30(13-15-4-9-20-18(11-15)23(32)28-14(2)27-20)17-7-5-16(6-8-17)22(31)29-21(25(35)36)12-19(26)24(33)34/h1,4-9,11,19,21H,10,12-13H2,2H3,(H,29,31)(H,33,34)(H,35,36)(H,27,28,32)/t19-,21-/m0/s1. The smallest absolute Gasteiger partial charge is 0.338 e. The Morgan fingerprint density at radius 2 is 1.86 bits per heavy atom. The summed E-state index contributed by atoms with van der Waals surface area (Å²) in [6, 6.07) is 9.69. The Kier molecular flexibility index (Phi) is 8.01. The first-order valence-corrected chi connectivity index (χ1v) is 10.8. The van der Waals surface area contributed by atoms with Crippen molar-refractivity contribution in [3.63, 3.8) is 0 Å². The van der Waals surface area contributed by atoms with Gasteiger partial charge in [0.1, 0.15) is 11.9 Å². The van der Waals surface area contributed by atoms with E-state index >= 15 is 0 Å². The number of rotatable bonds is 10. The summed E-state index contributed by atoms with van der Waals surface area (Å²) in [6.45, 7) is 2.27. The highest BCUT2D eigenvalue weighted by Gasteiger charge is 2.28. The van der Waals surface area contributed by atoms with Gasteiger partial charge in [-0.1, -0.05) is 12.0 Å². The Balaban J connectivity index is 1.77. The number of terminal acetylenes is 1. The number of carbonyl (C=O) groups is 3. The number of hydrogen-bond acceptors (Lipinski definition) is 6. The minimum Gasteiger partial charge on any atom is -0.480 e. The molecule has 0 aliphatic carbocycles. The van der Waals surface area contributed by atoms with Crippen LogP contribution in [0.1, 0.15) is 28.2 Å². The molecule has 0 fully saturated rings. The van der Waals surface area contributed by atoms with Crippen molar-refractivity contribution in [1.29, 1.82) is 0 Å². The summed E-state index contributed by atoms with van der Waals surface area (Å²) < 4.78 is 13.4. The summed E-state index contributed by atoms with van der Waals surface area (Å²) in [4.78, 5) is 55.5. The van der Waals surface area contributed by atoms with Gasteiger partial charge >= 0.3 is 11.9 Å². The number of carbonyl (C=O) groups excluding carboxylic acids is 1. The molecule has 11 heteroatoms. The molecule has 1 aromatic heterocycles. The monoisotopic (exact) mass is 494 g/mol. The topological polar surface area (TPSA) is 153 Å². The fourth-order valence-electron chi connectivity index (χ4n) is 3.56. The van der Waals surface area contributed by atoms with Gasteiger partial charge in [-0.2, -0.15) is 0 Å². The molecule has 3 rings (SSSR count). The zero-order chi connectivity index (χ0) is 26.4. The number of halogens is 1. The minimum atomic E-state index is -2.43. The van der Waals surface area contributed by atoms with Gasteiger partial charge in [-0.05, 0) is 48.9 Å². The Morgan fingerprint density at radius 1 is 1.17 bits per heavy atom. The molecular weight excluding hydrogens is 471 g/mol. The Morgan fingerprint density at radius 3 is 2.47 bits per heavy atom. The quantitative estimate of drug-likeness (QED) is 0.312. The van der Waals surface area contributed by atoms with Crippen LogP contribution in [0.25, 0.3) is 10.9 Å². The maximum Gasteiger partial charge on any atom is 0.338 e. The van der Waals surface area contributed by atoms with Crippen LogP contribution in [0.15, 0.2) is 47.3 Å². The van der Waals surface area contributed by atoms with Gasteiger partial charge in [0.2, 0.25) is 0 Å². The number of amides is 1. The molecular formula is C25H23FN4O6. The lowest BCUT2D eigenvalue weighted by Crippen LogP contribution is -2.43. The van der Waals surface area contributed by atoms with Crippen molar-refractivity contribution in [1.82, 2.24) is 15.3 Å². The van der Waals surface area contributed by atoms with Gasteiger partial charge in [0.15, 0.2) is 6.17 Å². The molecule has 0 unspecified atom stereocenters. The molecule has 0 saturated carbocycles. The number of aliphatic carboxylic acids is 2. The molecule has 10 nitrogen and oxygen atoms in total. The summed E-state index contributed by atoms with van der Waals surface area (Å²) in [5.41, 5.74) is 1.88. The summed E-state index contributed by atoms with van der Waals surface area (Å²) >= 11 is 0. The summed E-state index contributed by atoms with van der Waals surface area (Å²) in [6.07, 6.45) is 2.18. The number of benzene rings is 2. The Hall–Kier alpha value is -4.72. The number of alkyl halides is 1. The number of aromatic amines is 1. The van der Waals surface area contributed by atoms with Gasteiger partial charge in [0.05, 0.1) is 17.4 Å². The van der Waals surface area contributed by atoms with E-state index in [1.807, 2.05) is 11.0 Å². The summed E-state index contributed by atoms with van der Waals surface area (Å²) in [7, 11) is 0. The second kappa shape index (κ2) is 11.1. The van der Waals surface area contributed by atoms with Gasteiger partial charge in [0.25, 0.3) is 11.5 Å². The maximum atomic E-state index is 13.4. The van der Waals surface area contributed by atoms with E-state index in [2.05, 4.69) is 21.2 Å². The molecule has 0 aliphatic heterocycles. The number of carboxylic acid groups (broad SMARTS) is 2. The molecule has 1 amide bonds. The molecule has 0 aliphatic rings. The molecule has 2 aromatic carbocycles. The average molecular weight is 494 g/mol. The number of aromatic nitrogens is 2. The highest BCUT2D eigenvalue weighted by Crippen LogP contribution is 2.20. The van der Waals surface area contributed by atoms with Crippen LogP contribution < -0.4 is 15.8 Å².